The normalized spacial score (nSPS) is 10.9. The fourth-order valence-corrected chi connectivity index (χ4v) is 2.46. The first-order valence-corrected chi connectivity index (χ1v) is 8.54. The lowest BCUT2D eigenvalue weighted by Crippen LogP contribution is -2.13. The van der Waals surface area contributed by atoms with E-state index in [0.29, 0.717) is 34.7 Å². The summed E-state index contributed by atoms with van der Waals surface area (Å²) in [7, 11) is 0. The second-order valence-electron chi connectivity index (χ2n) is 6.47. The Hall–Kier alpha value is -3.15. The first kappa shape index (κ1) is 17.7. The number of anilines is 1. The summed E-state index contributed by atoms with van der Waals surface area (Å²) in [5.74, 6) is 1.08. The van der Waals surface area contributed by atoms with Gasteiger partial charge >= 0.3 is 0 Å². The maximum absolute atomic E-state index is 12.4. The summed E-state index contributed by atoms with van der Waals surface area (Å²) in [5.41, 5.74) is 1.39. The van der Waals surface area contributed by atoms with Crippen LogP contribution < -0.4 is 15.6 Å². The highest BCUT2D eigenvalue weighted by Crippen LogP contribution is 2.17. The van der Waals surface area contributed by atoms with Gasteiger partial charge in [-0.3, -0.25) is 9.59 Å². The lowest BCUT2D eigenvalue weighted by atomic mass is 10.1. The summed E-state index contributed by atoms with van der Waals surface area (Å²) in [6, 6.07) is 12.0. The van der Waals surface area contributed by atoms with E-state index >= 15 is 0 Å². The van der Waals surface area contributed by atoms with Gasteiger partial charge in [-0.1, -0.05) is 13.8 Å². The number of nitrogens with zero attached hydrogens (tertiary/aromatic N) is 1. The summed E-state index contributed by atoms with van der Waals surface area (Å²) < 4.78 is 5.65. The molecule has 0 radical (unpaired) electrons. The number of carbonyl (C=O) groups excluding carboxylic acids is 1. The van der Waals surface area contributed by atoms with Crippen LogP contribution in [0.25, 0.3) is 10.9 Å². The van der Waals surface area contributed by atoms with E-state index in [-0.39, 0.29) is 11.5 Å². The van der Waals surface area contributed by atoms with Crippen LogP contribution in [0.5, 0.6) is 5.75 Å². The number of rotatable bonds is 6. The quantitative estimate of drug-likeness (QED) is 0.711. The third-order valence-corrected chi connectivity index (χ3v) is 3.98. The Bertz CT molecular complexity index is 962. The number of ether oxygens (including phenoxy) is 1. The SMILES string of the molecule is CC(C)CCOc1ccc(C(=O)Nc2ccc3nc[nH]c(=O)c3c2)cc1. The van der Waals surface area contributed by atoms with Gasteiger partial charge in [0.15, 0.2) is 0 Å². The first-order valence-electron chi connectivity index (χ1n) is 8.54. The maximum atomic E-state index is 12.4. The molecule has 0 spiro atoms. The van der Waals surface area contributed by atoms with Crippen molar-refractivity contribution in [3.05, 3.63) is 64.7 Å². The second-order valence-corrected chi connectivity index (χ2v) is 6.47. The molecule has 0 saturated carbocycles. The number of aromatic amines is 1. The molecule has 134 valence electrons. The van der Waals surface area contributed by atoms with E-state index in [1.165, 1.54) is 6.33 Å². The van der Waals surface area contributed by atoms with E-state index in [4.69, 9.17) is 4.74 Å². The zero-order chi connectivity index (χ0) is 18.5. The molecule has 0 fully saturated rings. The Morgan fingerprint density at radius 3 is 2.69 bits per heavy atom. The second kappa shape index (κ2) is 7.82. The van der Waals surface area contributed by atoms with Crippen molar-refractivity contribution >= 4 is 22.5 Å². The van der Waals surface area contributed by atoms with Crippen molar-refractivity contribution in [1.82, 2.24) is 9.97 Å². The predicted octanol–water partition coefficient (Wildman–Crippen LogP) is 3.60. The molecule has 0 aliphatic rings. The fraction of sp³-hybridized carbons (Fsp3) is 0.250. The van der Waals surface area contributed by atoms with E-state index < -0.39 is 0 Å². The highest BCUT2D eigenvalue weighted by atomic mass is 16.5. The highest BCUT2D eigenvalue weighted by Gasteiger charge is 2.08. The van der Waals surface area contributed by atoms with Crippen LogP contribution in [0.15, 0.2) is 53.6 Å². The van der Waals surface area contributed by atoms with Crippen LogP contribution in [0.3, 0.4) is 0 Å². The number of amides is 1. The molecule has 2 N–H and O–H groups in total. The Labute approximate surface area is 151 Å². The topological polar surface area (TPSA) is 84.1 Å². The van der Waals surface area contributed by atoms with Crippen molar-refractivity contribution in [2.45, 2.75) is 20.3 Å². The van der Waals surface area contributed by atoms with E-state index in [2.05, 4.69) is 29.1 Å². The third kappa shape index (κ3) is 4.27. The van der Waals surface area contributed by atoms with Crippen LogP contribution >= 0.6 is 0 Å². The van der Waals surface area contributed by atoms with Gasteiger partial charge in [0.2, 0.25) is 0 Å². The average Bonchev–Trinajstić information content (AvgIpc) is 2.63. The Morgan fingerprint density at radius 1 is 1.19 bits per heavy atom. The zero-order valence-electron chi connectivity index (χ0n) is 14.8. The van der Waals surface area contributed by atoms with Crippen molar-refractivity contribution in [1.29, 1.82) is 0 Å². The van der Waals surface area contributed by atoms with Crippen LogP contribution in [0, 0.1) is 5.92 Å². The maximum Gasteiger partial charge on any atom is 0.258 e. The minimum atomic E-state index is -0.251. The number of carbonyl (C=O) groups is 1. The molecule has 0 aliphatic carbocycles. The molecule has 3 aromatic rings. The molecule has 1 amide bonds. The summed E-state index contributed by atoms with van der Waals surface area (Å²) in [4.78, 5) is 30.8. The van der Waals surface area contributed by atoms with Gasteiger partial charge in [0.25, 0.3) is 11.5 Å². The van der Waals surface area contributed by atoms with Gasteiger partial charge in [0, 0.05) is 11.3 Å². The van der Waals surface area contributed by atoms with E-state index in [9.17, 15) is 9.59 Å². The standard InChI is InChI=1S/C20H21N3O3/c1-13(2)9-10-26-16-6-3-14(4-7-16)19(24)23-15-5-8-18-17(11-15)20(25)22-12-21-18/h3-8,11-13H,9-10H2,1-2H3,(H,23,24)(H,21,22,25). The van der Waals surface area contributed by atoms with Crippen molar-refractivity contribution in [3.63, 3.8) is 0 Å². The van der Waals surface area contributed by atoms with Crippen LogP contribution in [0.2, 0.25) is 0 Å². The monoisotopic (exact) mass is 351 g/mol. The molecule has 0 unspecified atom stereocenters. The molecule has 0 saturated heterocycles. The van der Waals surface area contributed by atoms with E-state index in [0.717, 1.165) is 12.2 Å². The lowest BCUT2D eigenvalue weighted by Gasteiger charge is -2.09. The highest BCUT2D eigenvalue weighted by molar-refractivity contribution is 6.05. The van der Waals surface area contributed by atoms with Crippen LogP contribution in [0.4, 0.5) is 5.69 Å². The van der Waals surface area contributed by atoms with Gasteiger partial charge in [0.1, 0.15) is 5.75 Å². The molecule has 0 bridgehead atoms. The average molecular weight is 351 g/mol. The Balaban J connectivity index is 1.68. The van der Waals surface area contributed by atoms with Crippen LogP contribution in [-0.2, 0) is 0 Å². The summed E-state index contributed by atoms with van der Waals surface area (Å²) in [6.45, 7) is 4.95. The number of hydrogen-bond donors (Lipinski definition) is 2. The van der Waals surface area contributed by atoms with Gasteiger partial charge in [-0.25, -0.2) is 4.98 Å². The summed E-state index contributed by atoms with van der Waals surface area (Å²) in [6.07, 6.45) is 2.34. The minimum Gasteiger partial charge on any atom is -0.494 e. The number of aromatic nitrogens is 2. The molecular formula is C20H21N3O3. The number of H-pyrrole nitrogens is 1. The van der Waals surface area contributed by atoms with E-state index in [1.807, 2.05) is 0 Å². The Morgan fingerprint density at radius 2 is 1.96 bits per heavy atom. The van der Waals surface area contributed by atoms with Crippen molar-refractivity contribution in [3.8, 4) is 5.75 Å². The van der Waals surface area contributed by atoms with Crippen molar-refractivity contribution in [2.75, 3.05) is 11.9 Å². The van der Waals surface area contributed by atoms with Crippen LogP contribution in [-0.4, -0.2) is 22.5 Å². The molecule has 6 heteroatoms. The Kier molecular flexibility index (Phi) is 5.31. The van der Waals surface area contributed by atoms with Crippen molar-refractivity contribution < 1.29 is 9.53 Å². The van der Waals surface area contributed by atoms with Gasteiger partial charge in [-0.2, -0.15) is 0 Å². The molecule has 0 aliphatic heterocycles. The molecule has 0 atom stereocenters. The largest absolute Gasteiger partial charge is 0.494 e. The lowest BCUT2D eigenvalue weighted by molar-refractivity contribution is 0.102. The summed E-state index contributed by atoms with van der Waals surface area (Å²) >= 11 is 0. The summed E-state index contributed by atoms with van der Waals surface area (Å²) in [5, 5.41) is 3.22. The van der Waals surface area contributed by atoms with Gasteiger partial charge in [-0.15, -0.1) is 0 Å². The number of fused-ring (bicyclic) bond motifs is 1. The zero-order valence-corrected chi connectivity index (χ0v) is 14.8. The first-order chi connectivity index (χ1) is 12.5. The molecule has 2 aromatic carbocycles. The minimum absolute atomic E-state index is 0.242. The molecule has 3 rings (SSSR count). The van der Waals surface area contributed by atoms with Crippen molar-refractivity contribution in [2.24, 2.45) is 5.92 Å². The predicted molar refractivity (Wildman–Crippen MR) is 102 cm³/mol. The van der Waals surface area contributed by atoms with Crippen LogP contribution in [0.1, 0.15) is 30.6 Å². The third-order valence-electron chi connectivity index (χ3n) is 3.98. The molecule has 26 heavy (non-hydrogen) atoms. The molecule has 1 aromatic heterocycles. The van der Waals surface area contributed by atoms with Gasteiger partial charge in [0.05, 0.1) is 23.8 Å². The number of benzene rings is 2. The molecule has 6 nitrogen and oxygen atoms in total. The van der Waals surface area contributed by atoms with E-state index in [1.54, 1.807) is 42.5 Å². The molecule has 1 heterocycles. The number of hydrogen-bond acceptors (Lipinski definition) is 4. The number of nitrogens with one attached hydrogen (secondary N) is 2. The fourth-order valence-electron chi connectivity index (χ4n) is 2.46. The molecular weight excluding hydrogens is 330 g/mol. The van der Waals surface area contributed by atoms with Gasteiger partial charge < -0.3 is 15.0 Å². The van der Waals surface area contributed by atoms with Gasteiger partial charge in [-0.05, 0) is 54.8 Å². The smallest absolute Gasteiger partial charge is 0.258 e.